The van der Waals surface area contributed by atoms with Crippen LogP contribution in [-0.2, 0) is 13.0 Å². The second kappa shape index (κ2) is 5.31. The van der Waals surface area contributed by atoms with Crippen molar-refractivity contribution in [2.24, 2.45) is 0 Å². The van der Waals surface area contributed by atoms with Gasteiger partial charge in [-0.05, 0) is 12.1 Å². The van der Waals surface area contributed by atoms with Crippen LogP contribution in [0.1, 0.15) is 17.2 Å². The van der Waals surface area contributed by atoms with Gasteiger partial charge in [-0.1, -0.05) is 11.2 Å². The lowest BCUT2D eigenvalue weighted by molar-refractivity contribution is 0.408. The second-order valence-electron chi connectivity index (χ2n) is 4.19. The van der Waals surface area contributed by atoms with Crippen LogP contribution in [0.3, 0.4) is 0 Å². The quantitative estimate of drug-likeness (QED) is 0.687. The number of halogens is 1. The summed E-state index contributed by atoms with van der Waals surface area (Å²) in [6.45, 7) is 0.439. The normalized spacial score (nSPS) is 10.8. The molecule has 0 fully saturated rings. The van der Waals surface area contributed by atoms with Crippen LogP contribution in [-0.4, -0.2) is 25.6 Å². The van der Waals surface area contributed by atoms with Crippen molar-refractivity contribution in [3.8, 4) is 6.07 Å². The van der Waals surface area contributed by atoms with E-state index in [1.807, 2.05) is 16.7 Å². The van der Waals surface area contributed by atoms with Crippen LogP contribution < -0.4 is 0 Å². The highest BCUT2D eigenvalue weighted by Gasteiger charge is 2.14. The fourth-order valence-electron chi connectivity index (χ4n) is 2.14. The van der Waals surface area contributed by atoms with Gasteiger partial charge in [0.1, 0.15) is 17.4 Å². The molecule has 0 saturated carbocycles. The molecule has 6 nitrogen and oxygen atoms in total. The molecule has 2 aromatic heterocycles. The van der Waals surface area contributed by atoms with E-state index in [9.17, 15) is 0 Å². The molecule has 0 aliphatic heterocycles. The molecule has 3 rings (SSSR count). The van der Waals surface area contributed by atoms with E-state index in [1.54, 1.807) is 6.07 Å². The Morgan fingerprint density at radius 1 is 1.40 bits per heavy atom. The smallest absolute Gasteiger partial charge is 0.213 e. The minimum Gasteiger partial charge on any atom is -0.343 e. The fraction of sp³-hybridized carbons (Fsp3) is 0.231. The molecule has 7 heteroatoms. The van der Waals surface area contributed by atoms with Crippen LogP contribution in [0.5, 0.6) is 0 Å². The summed E-state index contributed by atoms with van der Waals surface area (Å²) in [7, 11) is 0. The molecule has 0 amide bonds. The van der Waals surface area contributed by atoms with Crippen LogP contribution in [0, 0.1) is 11.3 Å². The fourth-order valence-corrected chi connectivity index (χ4v) is 2.31. The molecule has 20 heavy (non-hydrogen) atoms. The van der Waals surface area contributed by atoms with Gasteiger partial charge in [-0.3, -0.25) is 0 Å². The van der Waals surface area contributed by atoms with Gasteiger partial charge in [0.2, 0.25) is 6.39 Å². The Labute approximate surface area is 119 Å². The van der Waals surface area contributed by atoms with Crippen molar-refractivity contribution in [1.29, 1.82) is 5.26 Å². The molecule has 0 saturated heterocycles. The predicted molar refractivity (Wildman–Crippen MR) is 72.3 cm³/mol. The molecule has 0 spiro atoms. The molecule has 0 aliphatic rings. The van der Waals surface area contributed by atoms with Gasteiger partial charge in [-0.25, -0.2) is 4.98 Å². The number of hydrogen-bond acceptors (Lipinski definition) is 5. The Hall–Kier alpha value is -2.39. The van der Waals surface area contributed by atoms with Gasteiger partial charge in [0.25, 0.3) is 0 Å². The van der Waals surface area contributed by atoms with Gasteiger partial charge >= 0.3 is 0 Å². The summed E-state index contributed by atoms with van der Waals surface area (Å²) in [5.41, 5.74) is 2.10. The molecular formula is C13H10ClN5O. The highest BCUT2D eigenvalue weighted by Crippen LogP contribution is 2.21. The zero-order chi connectivity index (χ0) is 13.9. The molecule has 0 N–H and O–H groups in total. The maximum Gasteiger partial charge on any atom is 0.213 e. The lowest BCUT2D eigenvalue weighted by Crippen LogP contribution is -2.07. The van der Waals surface area contributed by atoms with Crippen LogP contribution in [0.25, 0.3) is 11.0 Å². The van der Waals surface area contributed by atoms with Crippen molar-refractivity contribution in [3.63, 3.8) is 0 Å². The molecule has 3 aromatic rings. The molecular weight excluding hydrogens is 278 g/mol. The van der Waals surface area contributed by atoms with Gasteiger partial charge < -0.3 is 9.09 Å². The van der Waals surface area contributed by atoms with Gasteiger partial charge in [0.15, 0.2) is 5.82 Å². The van der Waals surface area contributed by atoms with Crippen molar-refractivity contribution in [2.45, 2.75) is 13.0 Å². The number of benzene rings is 1. The third-order valence-electron chi connectivity index (χ3n) is 3.00. The average molecular weight is 288 g/mol. The highest BCUT2D eigenvalue weighted by atomic mass is 35.5. The van der Waals surface area contributed by atoms with Crippen LogP contribution in [0.4, 0.5) is 0 Å². The maximum atomic E-state index is 9.16. The number of fused-ring (bicyclic) bond motifs is 1. The minimum absolute atomic E-state index is 0.439. The lowest BCUT2D eigenvalue weighted by atomic mass is 10.2. The highest BCUT2D eigenvalue weighted by molar-refractivity contribution is 6.17. The molecule has 1 aromatic carbocycles. The largest absolute Gasteiger partial charge is 0.343 e. The number of rotatable bonds is 4. The van der Waals surface area contributed by atoms with Crippen molar-refractivity contribution < 1.29 is 4.52 Å². The first-order chi connectivity index (χ1) is 9.83. The SMILES string of the molecule is N#Cc1cccc2c1nc(CCCl)n2Cc1ncon1. The first-order valence-electron chi connectivity index (χ1n) is 6.03. The topological polar surface area (TPSA) is 80.5 Å². The van der Waals surface area contributed by atoms with E-state index in [4.69, 9.17) is 21.4 Å². The monoisotopic (exact) mass is 287 g/mol. The summed E-state index contributed by atoms with van der Waals surface area (Å²) >= 11 is 5.82. The molecule has 0 radical (unpaired) electrons. The van der Waals surface area contributed by atoms with Gasteiger partial charge in [0.05, 0.1) is 17.6 Å². The van der Waals surface area contributed by atoms with Crippen LogP contribution in [0.15, 0.2) is 29.1 Å². The lowest BCUT2D eigenvalue weighted by Gasteiger charge is -2.05. The standard InChI is InChI=1S/C13H10ClN5O/c14-5-4-12-17-13-9(6-15)2-1-3-10(13)19(12)7-11-16-8-20-18-11/h1-3,8H,4-5,7H2. The van der Waals surface area contributed by atoms with E-state index in [0.717, 1.165) is 11.3 Å². The first-order valence-corrected chi connectivity index (χ1v) is 6.56. The molecule has 0 bridgehead atoms. The average Bonchev–Trinajstić information content (AvgIpc) is 3.08. The zero-order valence-electron chi connectivity index (χ0n) is 10.5. The number of nitriles is 1. The second-order valence-corrected chi connectivity index (χ2v) is 4.56. The Morgan fingerprint density at radius 2 is 2.30 bits per heavy atom. The summed E-state index contributed by atoms with van der Waals surface area (Å²) in [4.78, 5) is 8.54. The number of nitrogens with zero attached hydrogens (tertiary/aromatic N) is 5. The maximum absolute atomic E-state index is 9.16. The minimum atomic E-state index is 0.439. The summed E-state index contributed by atoms with van der Waals surface area (Å²) < 4.78 is 6.71. The Kier molecular flexibility index (Phi) is 3.35. The predicted octanol–water partition coefficient (Wildman–Crippen LogP) is 2.12. The van der Waals surface area contributed by atoms with E-state index >= 15 is 0 Å². The zero-order valence-corrected chi connectivity index (χ0v) is 11.2. The number of imidazole rings is 1. The van der Waals surface area contributed by atoms with Gasteiger partial charge in [-0.15, -0.1) is 11.6 Å². The van der Waals surface area contributed by atoms with E-state index in [1.165, 1.54) is 6.39 Å². The van der Waals surface area contributed by atoms with Crippen molar-refractivity contribution in [1.82, 2.24) is 19.7 Å². The van der Waals surface area contributed by atoms with Crippen LogP contribution in [0.2, 0.25) is 0 Å². The van der Waals surface area contributed by atoms with Crippen molar-refractivity contribution >= 4 is 22.6 Å². The number of alkyl halides is 1. The van der Waals surface area contributed by atoms with Crippen molar-refractivity contribution in [3.05, 3.63) is 41.8 Å². The van der Waals surface area contributed by atoms with Gasteiger partial charge in [-0.2, -0.15) is 10.2 Å². The molecule has 0 aliphatic carbocycles. The number of aromatic nitrogens is 4. The first kappa shape index (κ1) is 12.6. The Balaban J connectivity index is 2.17. The van der Waals surface area contributed by atoms with Crippen molar-refractivity contribution in [2.75, 3.05) is 5.88 Å². The van der Waals surface area contributed by atoms with E-state index in [2.05, 4.69) is 21.2 Å². The molecule has 2 heterocycles. The number of para-hydroxylation sites is 1. The summed E-state index contributed by atoms with van der Waals surface area (Å²) in [5.74, 6) is 1.82. The molecule has 100 valence electrons. The number of hydrogen-bond donors (Lipinski definition) is 0. The summed E-state index contributed by atoms with van der Waals surface area (Å²) in [6, 6.07) is 7.65. The molecule has 0 unspecified atom stereocenters. The Bertz CT molecular complexity index is 772. The Morgan fingerprint density at radius 3 is 3.00 bits per heavy atom. The van der Waals surface area contributed by atoms with E-state index in [0.29, 0.717) is 35.8 Å². The third-order valence-corrected chi connectivity index (χ3v) is 3.19. The molecule has 0 atom stereocenters. The van der Waals surface area contributed by atoms with Gasteiger partial charge in [0, 0.05) is 12.3 Å². The van der Waals surface area contributed by atoms with Crippen LogP contribution >= 0.6 is 11.6 Å². The summed E-state index contributed by atoms with van der Waals surface area (Å²) in [6.07, 6.45) is 1.90. The summed E-state index contributed by atoms with van der Waals surface area (Å²) in [5, 5.41) is 13.0. The number of aryl methyl sites for hydroxylation is 1. The van der Waals surface area contributed by atoms with E-state index < -0.39 is 0 Å². The third kappa shape index (κ3) is 2.12. The van der Waals surface area contributed by atoms with E-state index in [-0.39, 0.29) is 0 Å².